The minimum absolute atomic E-state index is 0.00370. The monoisotopic (exact) mass is 608 g/mol. The predicted molar refractivity (Wildman–Crippen MR) is 172 cm³/mol. The summed E-state index contributed by atoms with van der Waals surface area (Å²) in [7, 11) is 0. The number of aromatic nitrogens is 7. The molecule has 1 atom stereocenters. The molecule has 0 radical (unpaired) electrons. The minimum atomic E-state index is -0.499. The van der Waals surface area contributed by atoms with Crippen molar-refractivity contribution in [1.82, 2.24) is 39.4 Å². The molecule has 1 amide bonds. The number of carbonyl (C=O) groups excluding carboxylic acids is 1. The number of aryl methyl sites for hydroxylation is 1. The second kappa shape index (κ2) is 15.3. The Kier molecular flexibility index (Phi) is 10.8. The summed E-state index contributed by atoms with van der Waals surface area (Å²) in [6.07, 6.45) is 15.3. The summed E-state index contributed by atoms with van der Waals surface area (Å²) in [5.74, 6) is 1.17. The van der Waals surface area contributed by atoms with Crippen LogP contribution in [0.1, 0.15) is 91.9 Å². The van der Waals surface area contributed by atoms with Gasteiger partial charge < -0.3 is 4.90 Å². The van der Waals surface area contributed by atoms with Crippen molar-refractivity contribution in [1.29, 1.82) is 0 Å². The largest absolute Gasteiger partial charge is 0.338 e. The molecule has 1 saturated heterocycles. The molecule has 0 N–H and O–H groups in total. The molecule has 6 rings (SSSR count). The second-order valence-electron chi connectivity index (χ2n) is 11.3. The number of likely N-dealkylation sites (tertiary alicyclic amines) is 1. The summed E-state index contributed by atoms with van der Waals surface area (Å²) in [4.78, 5) is 28.1. The first kappa shape index (κ1) is 31.7. The quantitative estimate of drug-likeness (QED) is 0.170. The van der Waals surface area contributed by atoms with E-state index in [0.29, 0.717) is 24.0 Å². The molecular formula is C35H41FN8O. The Labute approximate surface area is 264 Å². The first-order valence-corrected chi connectivity index (χ1v) is 15.9. The number of halogens is 1. The number of nitrogens with zero attached hydrogens (tertiary/aromatic N) is 8. The molecule has 0 aliphatic carbocycles. The zero-order valence-corrected chi connectivity index (χ0v) is 26.3. The van der Waals surface area contributed by atoms with Gasteiger partial charge in [0.25, 0.3) is 11.9 Å². The third kappa shape index (κ3) is 7.68. The number of pyridine rings is 1. The van der Waals surface area contributed by atoms with Crippen LogP contribution >= 0.6 is 0 Å². The normalized spacial score (nSPS) is 14.4. The summed E-state index contributed by atoms with van der Waals surface area (Å²) in [6.45, 7) is 7.83. The molecule has 234 valence electrons. The van der Waals surface area contributed by atoms with Gasteiger partial charge in [-0.25, -0.2) is 28.7 Å². The SMILES string of the molecule is CCCC(CCC)c1c(C(=O)N2CC[C@H](c3ccccc3)C2)cnn1-c1ncc(F)cn1.CCc1ccc(-n2cccn2)nc1. The van der Waals surface area contributed by atoms with Gasteiger partial charge in [-0.15, -0.1) is 0 Å². The molecule has 4 aromatic heterocycles. The highest BCUT2D eigenvalue weighted by molar-refractivity contribution is 5.95. The first-order chi connectivity index (χ1) is 22.0. The smallest absolute Gasteiger partial charge is 0.257 e. The Morgan fingerprint density at radius 3 is 2.29 bits per heavy atom. The van der Waals surface area contributed by atoms with Gasteiger partial charge >= 0.3 is 0 Å². The highest BCUT2D eigenvalue weighted by Gasteiger charge is 2.32. The molecule has 9 nitrogen and oxygen atoms in total. The molecule has 0 saturated carbocycles. The summed E-state index contributed by atoms with van der Waals surface area (Å²) in [5.41, 5.74) is 3.97. The second-order valence-corrected chi connectivity index (χ2v) is 11.3. The van der Waals surface area contributed by atoms with Crippen molar-refractivity contribution in [2.45, 2.75) is 71.1 Å². The summed E-state index contributed by atoms with van der Waals surface area (Å²) < 4.78 is 16.8. The van der Waals surface area contributed by atoms with Crippen LogP contribution in [0, 0.1) is 5.82 Å². The fraction of sp³-hybridized carbons (Fsp3) is 0.371. The van der Waals surface area contributed by atoms with Crippen molar-refractivity contribution in [2.24, 2.45) is 0 Å². The molecule has 5 aromatic rings. The number of hydrogen-bond acceptors (Lipinski definition) is 6. The predicted octanol–water partition coefficient (Wildman–Crippen LogP) is 6.94. The van der Waals surface area contributed by atoms with Gasteiger partial charge in [0.15, 0.2) is 11.6 Å². The molecule has 1 fully saturated rings. The molecule has 1 aliphatic heterocycles. The topological polar surface area (TPSA) is 94.6 Å². The van der Waals surface area contributed by atoms with E-state index < -0.39 is 5.82 Å². The van der Waals surface area contributed by atoms with E-state index in [1.54, 1.807) is 21.8 Å². The van der Waals surface area contributed by atoms with Crippen LogP contribution in [0.5, 0.6) is 0 Å². The van der Waals surface area contributed by atoms with Crippen molar-refractivity contribution in [3.05, 3.63) is 114 Å². The maximum Gasteiger partial charge on any atom is 0.257 e. The third-order valence-corrected chi connectivity index (χ3v) is 8.20. The van der Waals surface area contributed by atoms with Gasteiger partial charge in [0.2, 0.25) is 0 Å². The standard InChI is InChI=1S/C25H30FN5O.C10H11N3/c1-3-8-19(9-4-2)23-22(16-29-31(23)25-27-14-21(26)15-28-25)24(32)30-13-12-20(17-30)18-10-6-5-7-11-18;1-2-9-4-5-10(11-8-9)13-7-3-6-12-13/h5-7,10-11,14-16,19-20H,3-4,8-9,12-13,17H2,1-2H3;3-8H,2H2,1H3/t20-;/m0./s1. The number of benzene rings is 1. The Bertz CT molecular complexity index is 1610. The van der Waals surface area contributed by atoms with Crippen LogP contribution in [-0.4, -0.2) is 58.4 Å². The zero-order chi connectivity index (χ0) is 31.6. The van der Waals surface area contributed by atoms with Crippen LogP contribution < -0.4 is 0 Å². The van der Waals surface area contributed by atoms with Crippen molar-refractivity contribution in [2.75, 3.05) is 13.1 Å². The lowest BCUT2D eigenvalue weighted by atomic mass is 9.92. The lowest BCUT2D eigenvalue weighted by Gasteiger charge is -2.21. The van der Waals surface area contributed by atoms with Gasteiger partial charge in [0.05, 0.1) is 29.8 Å². The van der Waals surface area contributed by atoms with E-state index in [4.69, 9.17) is 0 Å². The fourth-order valence-corrected chi connectivity index (χ4v) is 5.88. The van der Waals surface area contributed by atoms with E-state index in [0.717, 1.165) is 69.0 Å². The molecule has 10 heteroatoms. The van der Waals surface area contributed by atoms with E-state index >= 15 is 0 Å². The minimum Gasteiger partial charge on any atom is -0.338 e. The lowest BCUT2D eigenvalue weighted by molar-refractivity contribution is 0.0789. The molecule has 0 spiro atoms. The number of amides is 1. The van der Waals surface area contributed by atoms with E-state index in [1.807, 2.05) is 47.6 Å². The number of carbonyl (C=O) groups is 1. The van der Waals surface area contributed by atoms with Gasteiger partial charge in [-0.2, -0.15) is 10.2 Å². The van der Waals surface area contributed by atoms with Gasteiger partial charge in [0.1, 0.15) is 0 Å². The molecule has 0 unspecified atom stereocenters. The third-order valence-electron chi connectivity index (χ3n) is 8.20. The summed E-state index contributed by atoms with van der Waals surface area (Å²) in [5, 5.41) is 8.59. The van der Waals surface area contributed by atoms with E-state index in [-0.39, 0.29) is 11.8 Å². The van der Waals surface area contributed by atoms with Crippen molar-refractivity contribution in [3.8, 4) is 11.8 Å². The average Bonchev–Trinajstić information content (AvgIpc) is 3.87. The molecule has 45 heavy (non-hydrogen) atoms. The van der Waals surface area contributed by atoms with Crippen molar-refractivity contribution in [3.63, 3.8) is 0 Å². The Hall–Kier alpha value is -4.73. The maximum absolute atomic E-state index is 13.6. The van der Waals surface area contributed by atoms with Crippen LogP contribution in [0.25, 0.3) is 11.8 Å². The fourth-order valence-electron chi connectivity index (χ4n) is 5.88. The van der Waals surface area contributed by atoms with Crippen molar-refractivity contribution >= 4 is 5.91 Å². The summed E-state index contributed by atoms with van der Waals surface area (Å²) in [6, 6.07) is 16.3. The maximum atomic E-state index is 13.6. The Balaban J connectivity index is 0.000000256. The molecule has 5 heterocycles. The Morgan fingerprint density at radius 1 is 0.911 bits per heavy atom. The van der Waals surface area contributed by atoms with E-state index in [9.17, 15) is 9.18 Å². The highest BCUT2D eigenvalue weighted by atomic mass is 19.1. The highest BCUT2D eigenvalue weighted by Crippen LogP contribution is 2.33. The van der Waals surface area contributed by atoms with E-state index in [1.165, 1.54) is 11.1 Å². The van der Waals surface area contributed by atoms with Gasteiger partial charge in [-0.1, -0.05) is 70.0 Å². The lowest BCUT2D eigenvalue weighted by Crippen LogP contribution is -2.29. The number of rotatable bonds is 10. The zero-order valence-electron chi connectivity index (χ0n) is 26.3. The van der Waals surface area contributed by atoms with E-state index in [2.05, 4.69) is 64.1 Å². The molecule has 1 aliphatic rings. The van der Waals surface area contributed by atoms with Gasteiger partial charge in [-0.05, 0) is 48.9 Å². The molecular weight excluding hydrogens is 567 g/mol. The van der Waals surface area contributed by atoms with Gasteiger partial charge in [0, 0.05) is 43.5 Å². The first-order valence-electron chi connectivity index (χ1n) is 15.9. The molecule has 1 aromatic carbocycles. The average molecular weight is 609 g/mol. The Morgan fingerprint density at radius 2 is 1.67 bits per heavy atom. The van der Waals surface area contributed by atoms with Crippen LogP contribution in [-0.2, 0) is 6.42 Å². The summed E-state index contributed by atoms with van der Waals surface area (Å²) >= 11 is 0. The molecule has 0 bridgehead atoms. The van der Waals surface area contributed by atoms with Crippen LogP contribution in [0.2, 0.25) is 0 Å². The van der Waals surface area contributed by atoms with Gasteiger partial charge in [-0.3, -0.25) is 4.79 Å². The number of hydrogen-bond donors (Lipinski definition) is 0. The van der Waals surface area contributed by atoms with Crippen LogP contribution in [0.4, 0.5) is 4.39 Å². The van der Waals surface area contributed by atoms with Crippen molar-refractivity contribution < 1.29 is 9.18 Å². The van der Waals surface area contributed by atoms with Crippen LogP contribution in [0.3, 0.4) is 0 Å². The van der Waals surface area contributed by atoms with Crippen LogP contribution in [0.15, 0.2) is 85.7 Å².